The highest BCUT2D eigenvalue weighted by Gasteiger charge is 2.20. The summed E-state index contributed by atoms with van der Waals surface area (Å²) < 4.78 is 0. The zero-order chi connectivity index (χ0) is 18.2. The van der Waals surface area contributed by atoms with Crippen LogP contribution in [0.25, 0.3) is 0 Å². The van der Waals surface area contributed by atoms with Crippen molar-refractivity contribution < 1.29 is 4.79 Å². The molecule has 26 heavy (non-hydrogen) atoms. The lowest BCUT2D eigenvalue weighted by Crippen LogP contribution is -2.11. The van der Waals surface area contributed by atoms with Crippen molar-refractivity contribution in [3.8, 4) is 6.07 Å². The fraction of sp³-hybridized carbons (Fsp3) is 0.455. The Balaban J connectivity index is 1.83. The number of hydrogen-bond donors (Lipinski definition) is 1. The van der Waals surface area contributed by atoms with Crippen molar-refractivity contribution in [2.24, 2.45) is 0 Å². The standard InChI is InChI=1S/C22H26N2OS/c23-16-19-18-14-10-5-3-1-2-4-6-11-15-20(18)26-22(19)24-21(25)17-12-8-7-9-13-17/h7-9,12-13H,1-6,10-11,14-15H2,(H,24,25). The second-order valence-corrected chi connectivity index (χ2v) is 8.07. The smallest absolute Gasteiger partial charge is 0.256 e. The molecule has 1 heterocycles. The zero-order valence-electron chi connectivity index (χ0n) is 15.2. The Morgan fingerprint density at radius 1 is 0.923 bits per heavy atom. The molecule has 3 nitrogen and oxygen atoms in total. The Hall–Kier alpha value is -2.12. The van der Waals surface area contributed by atoms with Crippen LogP contribution < -0.4 is 5.32 Å². The third-order valence-corrected chi connectivity index (χ3v) is 6.25. The maximum absolute atomic E-state index is 12.5. The van der Waals surface area contributed by atoms with Crippen LogP contribution in [0, 0.1) is 11.3 Å². The quantitative estimate of drug-likeness (QED) is 0.699. The molecular weight excluding hydrogens is 340 g/mol. The maximum atomic E-state index is 12.5. The number of anilines is 1. The number of rotatable bonds is 2. The van der Waals surface area contributed by atoms with Crippen LogP contribution in [0.15, 0.2) is 30.3 Å². The van der Waals surface area contributed by atoms with Gasteiger partial charge in [-0.2, -0.15) is 5.26 Å². The molecule has 0 saturated heterocycles. The average molecular weight is 367 g/mol. The fourth-order valence-electron chi connectivity index (χ4n) is 3.60. The monoisotopic (exact) mass is 366 g/mol. The van der Waals surface area contributed by atoms with Crippen molar-refractivity contribution in [1.82, 2.24) is 0 Å². The molecule has 2 aromatic rings. The van der Waals surface area contributed by atoms with E-state index in [9.17, 15) is 10.1 Å². The Bertz CT molecular complexity index is 773. The van der Waals surface area contributed by atoms with Crippen molar-refractivity contribution >= 4 is 22.2 Å². The molecule has 0 aliphatic heterocycles. The molecule has 0 spiro atoms. The largest absolute Gasteiger partial charge is 0.312 e. The Labute approximate surface area is 160 Å². The highest BCUT2D eigenvalue weighted by molar-refractivity contribution is 7.16. The molecular formula is C22H26N2OS. The molecule has 3 rings (SSSR count). The maximum Gasteiger partial charge on any atom is 0.256 e. The molecule has 4 heteroatoms. The lowest BCUT2D eigenvalue weighted by Gasteiger charge is -2.08. The number of carbonyl (C=O) groups excluding carboxylic acids is 1. The number of amides is 1. The number of nitriles is 1. The number of carbonyl (C=O) groups is 1. The summed E-state index contributed by atoms with van der Waals surface area (Å²) in [7, 11) is 0. The van der Waals surface area contributed by atoms with Crippen LogP contribution in [0.1, 0.15) is 77.7 Å². The van der Waals surface area contributed by atoms with Gasteiger partial charge in [0.05, 0.1) is 5.56 Å². The van der Waals surface area contributed by atoms with Gasteiger partial charge in [0.1, 0.15) is 11.1 Å². The predicted molar refractivity (Wildman–Crippen MR) is 108 cm³/mol. The van der Waals surface area contributed by atoms with Crippen LogP contribution >= 0.6 is 11.3 Å². The van der Waals surface area contributed by atoms with Gasteiger partial charge in [-0.05, 0) is 43.4 Å². The highest BCUT2D eigenvalue weighted by Crippen LogP contribution is 2.36. The fourth-order valence-corrected chi connectivity index (χ4v) is 4.83. The summed E-state index contributed by atoms with van der Waals surface area (Å²) in [6.07, 6.45) is 12.0. The van der Waals surface area contributed by atoms with E-state index < -0.39 is 0 Å². The van der Waals surface area contributed by atoms with Crippen molar-refractivity contribution in [1.29, 1.82) is 5.26 Å². The van der Waals surface area contributed by atoms with Gasteiger partial charge in [-0.3, -0.25) is 4.79 Å². The van der Waals surface area contributed by atoms with E-state index in [2.05, 4.69) is 11.4 Å². The SMILES string of the molecule is N#Cc1c(NC(=O)c2ccccc2)sc2c1CCCCCCCCCC2. The van der Waals surface area contributed by atoms with Gasteiger partial charge in [0.15, 0.2) is 0 Å². The van der Waals surface area contributed by atoms with Gasteiger partial charge in [-0.25, -0.2) is 0 Å². The number of thiophene rings is 1. The minimum atomic E-state index is -0.139. The highest BCUT2D eigenvalue weighted by atomic mass is 32.1. The van der Waals surface area contributed by atoms with Crippen molar-refractivity contribution in [3.05, 3.63) is 51.9 Å². The number of benzene rings is 1. The number of fused-ring (bicyclic) bond motifs is 1. The number of aryl methyl sites for hydroxylation is 1. The lowest BCUT2D eigenvalue weighted by molar-refractivity contribution is 0.102. The topological polar surface area (TPSA) is 52.9 Å². The molecule has 1 aliphatic carbocycles. The molecule has 1 aromatic heterocycles. The van der Waals surface area contributed by atoms with E-state index in [0.717, 1.165) is 24.3 Å². The van der Waals surface area contributed by atoms with Crippen molar-refractivity contribution in [3.63, 3.8) is 0 Å². The van der Waals surface area contributed by atoms with Gasteiger partial charge in [-0.15, -0.1) is 11.3 Å². The summed E-state index contributed by atoms with van der Waals surface area (Å²) in [6.45, 7) is 0. The van der Waals surface area contributed by atoms with Crippen molar-refractivity contribution in [2.45, 2.75) is 64.2 Å². The van der Waals surface area contributed by atoms with E-state index in [1.54, 1.807) is 23.5 Å². The van der Waals surface area contributed by atoms with Crippen LogP contribution in [0.3, 0.4) is 0 Å². The van der Waals surface area contributed by atoms with Crippen LogP contribution in [-0.4, -0.2) is 5.91 Å². The zero-order valence-corrected chi connectivity index (χ0v) is 16.0. The summed E-state index contributed by atoms with van der Waals surface area (Å²) in [5.41, 5.74) is 2.49. The third-order valence-electron chi connectivity index (χ3n) is 5.05. The molecule has 1 aromatic carbocycles. The van der Waals surface area contributed by atoms with E-state index >= 15 is 0 Å². The molecule has 0 unspecified atom stereocenters. The molecule has 1 aliphatic rings. The van der Waals surface area contributed by atoms with Crippen LogP contribution in [0.2, 0.25) is 0 Å². The Kier molecular flexibility index (Phi) is 6.85. The Morgan fingerprint density at radius 2 is 1.54 bits per heavy atom. The number of nitrogens with zero attached hydrogens (tertiary/aromatic N) is 1. The molecule has 0 fully saturated rings. The third kappa shape index (κ3) is 4.74. The molecule has 1 amide bonds. The van der Waals surface area contributed by atoms with E-state index in [0.29, 0.717) is 11.1 Å². The van der Waals surface area contributed by atoms with Crippen LogP contribution in [-0.2, 0) is 12.8 Å². The average Bonchev–Trinajstić information content (AvgIpc) is 2.98. The first kappa shape index (κ1) is 18.7. The van der Waals surface area contributed by atoms with Crippen LogP contribution in [0.5, 0.6) is 0 Å². The molecule has 0 radical (unpaired) electrons. The van der Waals surface area contributed by atoms with E-state index in [1.165, 1.54) is 55.4 Å². The minimum Gasteiger partial charge on any atom is -0.312 e. The van der Waals surface area contributed by atoms with Gasteiger partial charge in [0, 0.05) is 10.4 Å². The predicted octanol–water partition coefficient (Wildman–Crippen LogP) is 6.09. The lowest BCUT2D eigenvalue weighted by atomic mass is 9.98. The second kappa shape index (κ2) is 9.54. The molecule has 1 N–H and O–H groups in total. The van der Waals surface area contributed by atoms with Gasteiger partial charge >= 0.3 is 0 Å². The van der Waals surface area contributed by atoms with Crippen molar-refractivity contribution in [2.75, 3.05) is 5.32 Å². The van der Waals surface area contributed by atoms with E-state index in [4.69, 9.17) is 0 Å². The van der Waals surface area contributed by atoms with Gasteiger partial charge in [-0.1, -0.05) is 56.7 Å². The first-order valence-corrected chi connectivity index (χ1v) is 10.5. The van der Waals surface area contributed by atoms with Gasteiger partial charge in [0.2, 0.25) is 0 Å². The first-order valence-electron chi connectivity index (χ1n) is 9.70. The molecule has 0 bridgehead atoms. The van der Waals surface area contributed by atoms with Crippen LogP contribution in [0.4, 0.5) is 5.00 Å². The molecule has 0 atom stereocenters. The minimum absolute atomic E-state index is 0.139. The number of hydrogen-bond acceptors (Lipinski definition) is 3. The second-order valence-electron chi connectivity index (χ2n) is 6.97. The summed E-state index contributed by atoms with van der Waals surface area (Å²) in [6, 6.07) is 11.6. The summed E-state index contributed by atoms with van der Waals surface area (Å²) >= 11 is 1.61. The van der Waals surface area contributed by atoms with E-state index in [1.807, 2.05) is 18.2 Å². The van der Waals surface area contributed by atoms with Gasteiger partial charge < -0.3 is 5.32 Å². The molecule has 0 saturated carbocycles. The summed E-state index contributed by atoms with van der Waals surface area (Å²) in [4.78, 5) is 13.8. The number of nitrogens with one attached hydrogen (secondary N) is 1. The normalized spacial score (nSPS) is 15.8. The summed E-state index contributed by atoms with van der Waals surface area (Å²) in [5, 5.41) is 13.5. The summed E-state index contributed by atoms with van der Waals surface area (Å²) in [5.74, 6) is -0.139. The van der Waals surface area contributed by atoms with E-state index in [-0.39, 0.29) is 5.91 Å². The first-order chi connectivity index (χ1) is 12.8. The molecule has 136 valence electrons. The Morgan fingerprint density at radius 3 is 2.19 bits per heavy atom. The van der Waals surface area contributed by atoms with Gasteiger partial charge in [0.25, 0.3) is 5.91 Å².